The van der Waals surface area contributed by atoms with E-state index in [4.69, 9.17) is 4.74 Å². The largest absolute Gasteiger partial charge is 0.478 e. The molecule has 1 aliphatic rings. The molecule has 1 N–H and O–H groups in total. The van der Waals surface area contributed by atoms with E-state index in [1.807, 2.05) is 13.8 Å². The van der Waals surface area contributed by atoms with Crippen LogP contribution in [0.3, 0.4) is 0 Å². The van der Waals surface area contributed by atoms with Crippen LogP contribution in [0.2, 0.25) is 0 Å². The summed E-state index contributed by atoms with van der Waals surface area (Å²) in [6.45, 7) is 4.52. The van der Waals surface area contributed by atoms with E-state index < -0.39 is 11.6 Å². The van der Waals surface area contributed by atoms with E-state index >= 15 is 0 Å². The number of aryl methyl sites for hydroxylation is 1. The molecule has 1 aromatic heterocycles. The summed E-state index contributed by atoms with van der Waals surface area (Å²) >= 11 is 0. The van der Waals surface area contributed by atoms with E-state index in [1.165, 1.54) is 19.0 Å². The van der Waals surface area contributed by atoms with Crippen molar-refractivity contribution in [3.05, 3.63) is 23.3 Å². The number of carboxylic acids is 1. The monoisotopic (exact) mass is 292 g/mol. The zero-order chi connectivity index (χ0) is 15.3. The molecule has 0 bridgehead atoms. The molecule has 0 aromatic carbocycles. The van der Waals surface area contributed by atoms with Crippen molar-refractivity contribution in [3.63, 3.8) is 0 Å². The summed E-state index contributed by atoms with van der Waals surface area (Å²) in [5, 5.41) is 9.20. The lowest BCUT2D eigenvalue weighted by Crippen LogP contribution is -2.32. The van der Waals surface area contributed by atoms with Gasteiger partial charge < -0.3 is 9.84 Å². The van der Waals surface area contributed by atoms with Gasteiger partial charge in [0.2, 0.25) is 0 Å². The molecule has 2 rings (SSSR count). The highest BCUT2D eigenvalue weighted by atomic mass is 16.5. The van der Waals surface area contributed by atoms with E-state index in [2.05, 4.69) is 9.97 Å². The van der Waals surface area contributed by atoms with Crippen molar-refractivity contribution in [1.29, 1.82) is 0 Å². The highest BCUT2D eigenvalue weighted by Gasteiger charge is 2.37. The first-order valence-electron chi connectivity index (χ1n) is 7.86. The van der Waals surface area contributed by atoms with Crippen LogP contribution in [0, 0.1) is 0 Å². The van der Waals surface area contributed by atoms with Crippen molar-refractivity contribution in [2.24, 2.45) is 0 Å². The number of aromatic nitrogens is 2. The van der Waals surface area contributed by atoms with Crippen LogP contribution in [-0.4, -0.2) is 27.7 Å². The average molecular weight is 292 g/mol. The van der Waals surface area contributed by atoms with E-state index in [9.17, 15) is 9.90 Å². The second kappa shape index (κ2) is 6.98. The Morgan fingerprint density at radius 2 is 1.95 bits per heavy atom. The average Bonchev–Trinajstić information content (AvgIpc) is 2.73. The molecular formula is C16H24N2O3. The number of carbonyl (C=O) groups is 1. The Kier molecular flexibility index (Phi) is 5.28. The molecule has 0 saturated heterocycles. The van der Waals surface area contributed by atoms with Crippen LogP contribution in [0.1, 0.15) is 74.2 Å². The molecule has 1 aromatic rings. The fourth-order valence-corrected chi connectivity index (χ4v) is 3.09. The predicted octanol–water partition coefficient (Wildman–Crippen LogP) is 3.32. The molecule has 5 nitrogen and oxygen atoms in total. The van der Waals surface area contributed by atoms with Gasteiger partial charge in [-0.2, -0.15) is 0 Å². The van der Waals surface area contributed by atoms with Crippen LogP contribution in [-0.2, 0) is 16.8 Å². The maximum absolute atomic E-state index is 11.2. The number of nitrogens with zero attached hydrogens (tertiary/aromatic N) is 2. The van der Waals surface area contributed by atoms with Crippen LogP contribution in [0.15, 0.2) is 6.20 Å². The Balaban J connectivity index is 2.42. The molecule has 5 heteroatoms. The van der Waals surface area contributed by atoms with Crippen LogP contribution in [0.4, 0.5) is 0 Å². The van der Waals surface area contributed by atoms with Crippen LogP contribution in [0.5, 0.6) is 0 Å². The Morgan fingerprint density at radius 1 is 1.29 bits per heavy atom. The maximum Gasteiger partial charge on any atom is 0.339 e. The van der Waals surface area contributed by atoms with Crippen molar-refractivity contribution in [1.82, 2.24) is 9.97 Å². The first-order valence-corrected chi connectivity index (χ1v) is 7.86. The third kappa shape index (κ3) is 3.40. The van der Waals surface area contributed by atoms with Gasteiger partial charge in [-0.05, 0) is 26.2 Å². The summed E-state index contributed by atoms with van der Waals surface area (Å²) in [6.07, 6.45) is 8.48. The summed E-state index contributed by atoms with van der Waals surface area (Å²) in [5.74, 6) is -0.308. The second-order valence-electron chi connectivity index (χ2n) is 5.55. The summed E-state index contributed by atoms with van der Waals surface area (Å²) in [7, 11) is 0. The predicted molar refractivity (Wildman–Crippen MR) is 79.4 cm³/mol. The van der Waals surface area contributed by atoms with Gasteiger partial charge >= 0.3 is 5.97 Å². The second-order valence-corrected chi connectivity index (χ2v) is 5.55. The molecule has 1 heterocycles. The molecule has 0 aliphatic heterocycles. The van der Waals surface area contributed by atoms with Gasteiger partial charge in [-0.25, -0.2) is 14.8 Å². The third-order valence-corrected chi connectivity index (χ3v) is 4.17. The first kappa shape index (κ1) is 15.9. The van der Waals surface area contributed by atoms with Gasteiger partial charge in [0.05, 0.1) is 11.3 Å². The highest BCUT2D eigenvalue weighted by Crippen LogP contribution is 2.37. The number of rotatable bonds is 5. The van der Waals surface area contributed by atoms with Crippen molar-refractivity contribution in [2.45, 2.75) is 64.4 Å². The fourth-order valence-electron chi connectivity index (χ4n) is 3.09. The van der Waals surface area contributed by atoms with Crippen LogP contribution < -0.4 is 0 Å². The SMILES string of the molecule is CCOC1(c2ncc(C(=O)O)c(CC)n2)CCCCCC1. The van der Waals surface area contributed by atoms with Crippen LogP contribution in [0.25, 0.3) is 0 Å². The molecule has 0 atom stereocenters. The molecule has 0 radical (unpaired) electrons. The zero-order valence-electron chi connectivity index (χ0n) is 12.9. The summed E-state index contributed by atoms with van der Waals surface area (Å²) < 4.78 is 6.06. The lowest BCUT2D eigenvalue weighted by atomic mass is 9.92. The summed E-state index contributed by atoms with van der Waals surface area (Å²) in [6, 6.07) is 0. The lowest BCUT2D eigenvalue weighted by molar-refractivity contribution is -0.0626. The third-order valence-electron chi connectivity index (χ3n) is 4.17. The minimum Gasteiger partial charge on any atom is -0.478 e. The van der Waals surface area contributed by atoms with Gasteiger partial charge in [-0.1, -0.05) is 32.6 Å². The van der Waals surface area contributed by atoms with Crippen LogP contribution >= 0.6 is 0 Å². The number of carboxylic acid groups (broad SMARTS) is 1. The van der Waals surface area contributed by atoms with Crippen molar-refractivity contribution in [3.8, 4) is 0 Å². The first-order chi connectivity index (χ1) is 10.1. The Labute approximate surface area is 125 Å². The smallest absolute Gasteiger partial charge is 0.339 e. The normalized spacial score (nSPS) is 18.2. The van der Waals surface area contributed by atoms with Gasteiger partial charge in [0, 0.05) is 12.8 Å². The van der Waals surface area contributed by atoms with E-state index in [-0.39, 0.29) is 5.56 Å². The number of hydrogen-bond acceptors (Lipinski definition) is 4. The number of hydrogen-bond donors (Lipinski definition) is 1. The van der Waals surface area contributed by atoms with Gasteiger partial charge in [0.15, 0.2) is 5.82 Å². The Bertz CT molecular complexity index is 494. The molecule has 0 amide bonds. The van der Waals surface area contributed by atoms with Crippen molar-refractivity contribution in [2.75, 3.05) is 6.61 Å². The van der Waals surface area contributed by atoms with Gasteiger partial charge in [-0.15, -0.1) is 0 Å². The minimum atomic E-state index is -0.968. The molecule has 1 aliphatic carbocycles. The van der Waals surface area contributed by atoms with E-state index in [0.717, 1.165) is 25.7 Å². The maximum atomic E-state index is 11.2. The number of ether oxygens (including phenoxy) is 1. The van der Waals surface area contributed by atoms with Crippen molar-refractivity contribution < 1.29 is 14.6 Å². The minimum absolute atomic E-state index is 0.196. The van der Waals surface area contributed by atoms with Crippen molar-refractivity contribution >= 4 is 5.97 Å². The molecule has 1 saturated carbocycles. The van der Waals surface area contributed by atoms with E-state index in [0.29, 0.717) is 24.5 Å². The zero-order valence-corrected chi connectivity index (χ0v) is 12.9. The van der Waals surface area contributed by atoms with Gasteiger partial charge in [0.25, 0.3) is 0 Å². The standard InChI is InChI=1S/C16H24N2O3/c1-3-13-12(14(19)20)11-17-15(18-13)16(21-4-2)9-7-5-6-8-10-16/h11H,3-10H2,1-2H3,(H,19,20). The van der Waals surface area contributed by atoms with Gasteiger partial charge in [-0.3, -0.25) is 0 Å². The fraction of sp³-hybridized carbons (Fsp3) is 0.688. The molecule has 21 heavy (non-hydrogen) atoms. The van der Waals surface area contributed by atoms with E-state index in [1.54, 1.807) is 0 Å². The Morgan fingerprint density at radius 3 is 2.48 bits per heavy atom. The lowest BCUT2D eigenvalue weighted by Gasteiger charge is -2.31. The quantitative estimate of drug-likeness (QED) is 0.843. The van der Waals surface area contributed by atoms with Gasteiger partial charge in [0.1, 0.15) is 5.60 Å². The molecule has 0 unspecified atom stereocenters. The molecular weight excluding hydrogens is 268 g/mol. The molecule has 1 fully saturated rings. The Hall–Kier alpha value is -1.49. The molecule has 0 spiro atoms. The topological polar surface area (TPSA) is 72.3 Å². The summed E-state index contributed by atoms with van der Waals surface area (Å²) in [4.78, 5) is 20.1. The highest BCUT2D eigenvalue weighted by molar-refractivity contribution is 5.88. The summed E-state index contributed by atoms with van der Waals surface area (Å²) in [5.41, 5.74) is 0.351. The number of aromatic carboxylic acids is 1. The molecule has 116 valence electrons.